The fourth-order valence-corrected chi connectivity index (χ4v) is 3.10. The summed E-state index contributed by atoms with van der Waals surface area (Å²) in [6.45, 7) is 1.95. The monoisotopic (exact) mass is 330 g/mol. The molecule has 1 aromatic heterocycles. The lowest BCUT2D eigenvalue weighted by Crippen LogP contribution is -2.02. The van der Waals surface area contributed by atoms with Crippen molar-refractivity contribution in [2.24, 2.45) is 0 Å². The predicted octanol–water partition coefficient (Wildman–Crippen LogP) is 5.04. The van der Waals surface area contributed by atoms with Crippen molar-refractivity contribution >= 4 is 28.7 Å². The largest absolute Gasteiger partial charge is 0.460 e. The minimum Gasteiger partial charge on any atom is -0.460 e. The van der Waals surface area contributed by atoms with Crippen molar-refractivity contribution in [1.82, 2.24) is 0 Å². The fourth-order valence-electron chi connectivity index (χ4n) is 2.20. The Balaban J connectivity index is 1.85. The van der Waals surface area contributed by atoms with E-state index >= 15 is 0 Å². The van der Waals surface area contributed by atoms with E-state index < -0.39 is 11.8 Å². The summed E-state index contributed by atoms with van der Waals surface area (Å²) in [5, 5.41) is 0.551. The van der Waals surface area contributed by atoms with Crippen molar-refractivity contribution in [3.8, 4) is 0 Å². The number of benzene rings is 2. The van der Waals surface area contributed by atoms with Gasteiger partial charge in [0.05, 0.1) is 6.61 Å². The third-order valence-electron chi connectivity index (χ3n) is 3.30. The molecule has 0 aliphatic rings. The average Bonchev–Trinajstić information content (AvgIpc) is 3.01. The Morgan fingerprint density at radius 2 is 2.00 bits per heavy atom. The Kier molecular flexibility index (Phi) is 4.67. The zero-order chi connectivity index (χ0) is 16.2. The van der Waals surface area contributed by atoms with E-state index in [4.69, 9.17) is 9.15 Å². The van der Waals surface area contributed by atoms with Crippen LogP contribution in [0.3, 0.4) is 0 Å². The lowest BCUT2D eigenvalue weighted by Gasteiger charge is -2.03. The number of carbonyl (C=O) groups is 1. The fraction of sp³-hybridized carbons (Fsp3) is 0.167. The van der Waals surface area contributed by atoms with Crippen molar-refractivity contribution in [3.63, 3.8) is 0 Å². The van der Waals surface area contributed by atoms with Gasteiger partial charge < -0.3 is 9.15 Å². The molecule has 0 aliphatic carbocycles. The molecule has 118 valence electrons. The summed E-state index contributed by atoms with van der Waals surface area (Å²) in [5.41, 5.74) is 1.20. The number of furan rings is 1. The normalized spacial score (nSPS) is 10.9. The van der Waals surface area contributed by atoms with Gasteiger partial charge in [-0.25, -0.2) is 9.18 Å². The maximum absolute atomic E-state index is 14.6. The summed E-state index contributed by atoms with van der Waals surface area (Å²) in [6, 6.07) is 14.8. The number of esters is 1. The van der Waals surface area contributed by atoms with Gasteiger partial charge in [-0.1, -0.05) is 30.3 Å². The molecule has 23 heavy (non-hydrogen) atoms. The van der Waals surface area contributed by atoms with Crippen LogP contribution >= 0.6 is 11.8 Å². The van der Waals surface area contributed by atoms with Crippen LogP contribution in [0.2, 0.25) is 0 Å². The summed E-state index contributed by atoms with van der Waals surface area (Å²) in [4.78, 5) is 12.2. The molecule has 0 spiro atoms. The van der Waals surface area contributed by atoms with E-state index in [0.29, 0.717) is 16.0 Å². The van der Waals surface area contributed by atoms with Crippen LogP contribution in [0.5, 0.6) is 0 Å². The van der Waals surface area contributed by atoms with Crippen LogP contribution in [0.15, 0.2) is 57.8 Å². The lowest BCUT2D eigenvalue weighted by molar-refractivity contribution is 0.0492. The van der Waals surface area contributed by atoms with E-state index in [1.165, 1.54) is 17.8 Å². The minimum absolute atomic E-state index is 0.0194. The van der Waals surface area contributed by atoms with Crippen LogP contribution in [-0.4, -0.2) is 12.6 Å². The third-order valence-corrected chi connectivity index (χ3v) is 4.41. The number of fused-ring (bicyclic) bond motifs is 1. The standard InChI is InChI=1S/C18H15FO3S/c1-2-21-18(20)14-10-13-8-9-15(16(19)17(13)22-14)23-11-12-6-4-3-5-7-12/h3-10H,2,11H2,1H3. The molecule has 0 saturated carbocycles. The summed E-state index contributed by atoms with van der Waals surface area (Å²) >= 11 is 1.39. The number of hydrogen-bond acceptors (Lipinski definition) is 4. The number of rotatable bonds is 5. The molecule has 0 N–H and O–H groups in total. The van der Waals surface area contributed by atoms with Crippen LogP contribution in [-0.2, 0) is 10.5 Å². The van der Waals surface area contributed by atoms with Gasteiger partial charge >= 0.3 is 5.97 Å². The second-order valence-corrected chi connectivity index (χ2v) is 5.92. The van der Waals surface area contributed by atoms with Gasteiger partial charge in [0.2, 0.25) is 5.76 Å². The SMILES string of the molecule is CCOC(=O)c1cc2ccc(SCc3ccccc3)c(F)c2o1. The molecule has 0 atom stereocenters. The maximum atomic E-state index is 14.6. The van der Waals surface area contributed by atoms with Gasteiger partial charge in [-0.05, 0) is 30.7 Å². The van der Waals surface area contributed by atoms with E-state index in [-0.39, 0.29) is 18.0 Å². The van der Waals surface area contributed by atoms with Crippen LogP contribution in [0, 0.1) is 5.82 Å². The Labute approximate surface area is 137 Å². The lowest BCUT2D eigenvalue weighted by atomic mass is 10.2. The average molecular weight is 330 g/mol. The molecule has 3 nitrogen and oxygen atoms in total. The molecular weight excluding hydrogens is 315 g/mol. The highest BCUT2D eigenvalue weighted by Gasteiger charge is 2.17. The first-order valence-corrected chi connectivity index (χ1v) is 8.23. The molecule has 3 rings (SSSR count). The van der Waals surface area contributed by atoms with Crippen LogP contribution < -0.4 is 0 Å². The molecule has 3 aromatic rings. The molecule has 0 amide bonds. The number of halogens is 1. The van der Waals surface area contributed by atoms with Crippen LogP contribution in [0.1, 0.15) is 23.0 Å². The van der Waals surface area contributed by atoms with Gasteiger partial charge in [0.1, 0.15) is 0 Å². The number of hydrogen-bond donors (Lipinski definition) is 0. The van der Waals surface area contributed by atoms with Crippen molar-refractivity contribution in [2.75, 3.05) is 6.61 Å². The van der Waals surface area contributed by atoms with Crippen LogP contribution in [0.4, 0.5) is 4.39 Å². The summed E-state index contributed by atoms with van der Waals surface area (Å²) in [6.07, 6.45) is 0. The predicted molar refractivity (Wildman–Crippen MR) is 88.1 cm³/mol. The van der Waals surface area contributed by atoms with Gasteiger partial charge in [0.25, 0.3) is 0 Å². The van der Waals surface area contributed by atoms with Crippen molar-refractivity contribution in [2.45, 2.75) is 17.6 Å². The molecule has 0 aliphatic heterocycles. The van der Waals surface area contributed by atoms with Gasteiger partial charge in [0.15, 0.2) is 11.4 Å². The quantitative estimate of drug-likeness (QED) is 0.485. The molecule has 5 heteroatoms. The highest BCUT2D eigenvalue weighted by atomic mass is 32.2. The Bertz CT molecular complexity index is 827. The van der Waals surface area contributed by atoms with Crippen molar-refractivity contribution in [3.05, 3.63) is 65.7 Å². The van der Waals surface area contributed by atoms with Gasteiger partial charge in [-0.2, -0.15) is 0 Å². The molecule has 0 unspecified atom stereocenters. The zero-order valence-corrected chi connectivity index (χ0v) is 13.4. The molecule has 0 fully saturated rings. The van der Waals surface area contributed by atoms with E-state index in [9.17, 15) is 9.18 Å². The first kappa shape index (κ1) is 15.6. The maximum Gasteiger partial charge on any atom is 0.374 e. The van der Waals surface area contributed by atoms with Gasteiger partial charge in [-0.3, -0.25) is 0 Å². The Morgan fingerprint density at radius 3 is 2.74 bits per heavy atom. The van der Waals surface area contributed by atoms with Crippen molar-refractivity contribution in [1.29, 1.82) is 0 Å². The zero-order valence-electron chi connectivity index (χ0n) is 12.5. The molecule has 2 aromatic carbocycles. The molecule has 0 radical (unpaired) electrons. The van der Waals surface area contributed by atoms with E-state index in [2.05, 4.69) is 0 Å². The highest BCUT2D eigenvalue weighted by Crippen LogP contribution is 2.32. The molecule has 0 saturated heterocycles. The first-order chi connectivity index (χ1) is 11.2. The van der Waals surface area contributed by atoms with E-state index in [1.807, 2.05) is 30.3 Å². The first-order valence-electron chi connectivity index (χ1n) is 7.25. The van der Waals surface area contributed by atoms with E-state index in [1.54, 1.807) is 19.1 Å². The summed E-state index contributed by atoms with van der Waals surface area (Å²) in [5.74, 6) is -0.346. The smallest absolute Gasteiger partial charge is 0.374 e. The minimum atomic E-state index is -0.582. The third kappa shape index (κ3) is 3.40. The summed E-state index contributed by atoms with van der Waals surface area (Å²) < 4.78 is 24.8. The summed E-state index contributed by atoms with van der Waals surface area (Å²) in [7, 11) is 0. The topological polar surface area (TPSA) is 39.4 Å². The van der Waals surface area contributed by atoms with Gasteiger partial charge in [0, 0.05) is 16.0 Å². The van der Waals surface area contributed by atoms with Crippen molar-refractivity contribution < 1.29 is 18.3 Å². The Hall–Kier alpha value is -2.27. The second kappa shape index (κ2) is 6.87. The van der Waals surface area contributed by atoms with Crippen LogP contribution in [0.25, 0.3) is 11.0 Å². The number of ether oxygens (including phenoxy) is 1. The molecule has 0 bridgehead atoms. The highest BCUT2D eigenvalue weighted by molar-refractivity contribution is 7.98. The number of carbonyl (C=O) groups excluding carboxylic acids is 1. The van der Waals surface area contributed by atoms with Gasteiger partial charge in [-0.15, -0.1) is 11.8 Å². The molecule has 1 heterocycles. The Morgan fingerprint density at radius 1 is 1.22 bits per heavy atom. The molecular formula is C18H15FO3S. The van der Waals surface area contributed by atoms with E-state index in [0.717, 1.165) is 5.56 Å². The number of thioether (sulfide) groups is 1. The second-order valence-electron chi connectivity index (χ2n) is 4.90.